The minimum absolute atomic E-state index is 0.0647. The van der Waals surface area contributed by atoms with Crippen molar-refractivity contribution in [3.8, 4) is 0 Å². The molecule has 1 atom stereocenters. The van der Waals surface area contributed by atoms with Gasteiger partial charge in [-0.1, -0.05) is 41.4 Å². The largest absolute Gasteiger partial charge is 0.345 e. The first-order valence-electron chi connectivity index (χ1n) is 7.42. The number of fused-ring (bicyclic) bond motifs is 1. The van der Waals surface area contributed by atoms with Crippen LogP contribution in [0.4, 0.5) is 0 Å². The van der Waals surface area contributed by atoms with Crippen LogP contribution in [0.2, 0.25) is 10.0 Å². The molecule has 0 unspecified atom stereocenters. The van der Waals surface area contributed by atoms with Crippen molar-refractivity contribution in [3.63, 3.8) is 0 Å². The number of hydrogen-bond donors (Lipinski definition) is 1. The van der Waals surface area contributed by atoms with Crippen molar-refractivity contribution in [2.24, 2.45) is 0 Å². The molecule has 3 rings (SSSR count). The Kier molecular flexibility index (Phi) is 4.42. The summed E-state index contributed by atoms with van der Waals surface area (Å²) in [6.45, 7) is 1.98. The molecule has 0 saturated carbocycles. The Morgan fingerprint density at radius 1 is 1.09 bits per heavy atom. The molecule has 0 heterocycles. The number of nitrogens with one attached hydrogen (secondary N) is 1. The van der Waals surface area contributed by atoms with Crippen molar-refractivity contribution in [2.45, 2.75) is 32.2 Å². The topological polar surface area (TPSA) is 29.1 Å². The number of hydrogen-bond acceptors (Lipinski definition) is 1. The van der Waals surface area contributed by atoms with Crippen LogP contribution < -0.4 is 5.32 Å². The van der Waals surface area contributed by atoms with Gasteiger partial charge < -0.3 is 5.32 Å². The molecule has 0 spiro atoms. The smallest absolute Gasteiger partial charge is 0.253 e. The van der Waals surface area contributed by atoms with Crippen LogP contribution in [-0.4, -0.2) is 5.91 Å². The number of amides is 1. The molecular weight excluding hydrogens is 317 g/mol. The second-order valence-electron chi connectivity index (χ2n) is 5.70. The van der Waals surface area contributed by atoms with Crippen LogP contribution in [0.15, 0.2) is 36.4 Å². The Hall–Kier alpha value is -1.51. The van der Waals surface area contributed by atoms with Gasteiger partial charge in [0, 0.05) is 5.02 Å². The zero-order valence-corrected chi connectivity index (χ0v) is 13.8. The Balaban J connectivity index is 1.76. The van der Waals surface area contributed by atoms with E-state index < -0.39 is 0 Å². The van der Waals surface area contributed by atoms with Gasteiger partial charge in [-0.2, -0.15) is 0 Å². The van der Waals surface area contributed by atoms with Gasteiger partial charge >= 0.3 is 0 Å². The monoisotopic (exact) mass is 333 g/mol. The van der Waals surface area contributed by atoms with Crippen molar-refractivity contribution < 1.29 is 4.79 Å². The van der Waals surface area contributed by atoms with Crippen LogP contribution in [0.25, 0.3) is 0 Å². The minimum Gasteiger partial charge on any atom is -0.345 e. The van der Waals surface area contributed by atoms with Crippen molar-refractivity contribution >= 4 is 29.1 Å². The predicted molar refractivity (Wildman–Crippen MR) is 90.8 cm³/mol. The first-order valence-corrected chi connectivity index (χ1v) is 8.18. The molecule has 1 amide bonds. The summed E-state index contributed by atoms with van der Waals surface area (Å²) in [4.78, 5) is 12.4. The van der Waals surface area contributed by atoms with E-state index in [2.05, 4.69) is 23.5 Å². The van der Waals surface area contributed by atoms with Gasteiger partial charge in [-0.05, 0) is 61.1 Å². The summed E-state index contributed by atoms with van der Waals surface area (Å²) in [6, 6.07) is 11.3. The van der Waals surface area contributed by atoms with Crippen LogP contribution in [0.3, 0.4) is 0 Å². The summed E-state index contributed by atoms with van der Waals surface area (Å²) in [7, 11) is 0. The number of aryl methyl sites for hydroxylation is 2. The van der Waals surface area contributed by atoms with E-state index in [9.17, 15) is 4.79 Å². The highest BCUT2D eigenvalue weighted by atomic mass is 35.5. The van der Waals surface area contributed by atoms with E-state index in [0.29, 0.717) is 15.6 Å². The number of carbonyl (C=O) groups excluding carboxylic acids is 1. The van der Waals surface area contributed by atoms with Gasteiger partial charge in [0.1, 0.15) is 0 Å². The third-order valence-corrected chi connectivity index (χ3v) is 4.69. The quantitative estimate of drug-likeness (QED) is 0.843. The molecule has 2 aromatic carbocycles. The molecule has 4 heteroatoms. The molecule has 0 aliphatic heterocycles. The summed E-state index contributed by atoms with van der Waals surface area (Å²) >= 11 is 11.9. The fourth-order valence-corrected chi connectivity index (χ4v) is 3.39. The average Bonchev–Trinajstić information content (AvgIpc) is 2.94. The van der Waals surface area contributed by atoms with E-state index in [-0.39, 0.29) is 11.9 Å². The lowest BCUT2D eigenvalue weighted by Gasteiger charge is -2.16. The van der Waals surface area contributed by atoms with Crippen LogP contribution in [0.5, 0.6) is 0 Å². The number of rotatable bonds is 3. The first-order chi connectivity index (χ1) is 10.5. The van der Waals surface area contributed by atoms with E-state index in [1.54, 1.807) is 18.2 Å². The molecular formula is C18H17Cl2NO. The highest BCUT2D eigenvalue weighted by Crippen LogP contribution is 2.26. The lowest BCUT2D eigenvalue weighted by molar-refractivity contribution is 0.0940. The zero-order chi connectivity index (χ0) is 15.7. The maximum atomic E-state index is 12.4. The lowest BCUT2D eigenvalue weighted by Crippen LogP contribution is -2.27. The fraction of sp³-hybridized carbons (Fsp3) is 0.278. The van der Waals surface area contributed by atoms with E-state index in [4.69, 9.17) is 23.2 Å². The normalized spacial score (nSPS) is 14.5. The van der Waals surface area contributed by atoms with Gasteiger partial charge in [0.05, 0.1) is 16.6 Å². The molecule has 0 aromatic heterocycles. The minimum atomic E-state index is -0.185. The maximum absolute atomic E-state index is 12.4. The molecule has 0 radical (unpaired) electrons. The average molecular weight is 334 g/mol. The van der Waals surface area contributed by atoms with Gasteiger partial charge in [-0.15, -0.1) is 0 Å². The molecule has 114 valence electrons. The standard InChI is InChI=1S/C18H17Cl2NO/c1-11(13-6-5-12-3-2-4-14(12)9-13)21-18(22)16-8-7-15(19)10-17(16)20/h5-11H,2-4H2,1H3,(H,21,22)/t11-/m1/s1. The van der Waals surface area contributed by atoms with Crippen LogP contribution >= 0.6 is 23.2 Å². The van der Waals surface area contributed by atoms with Gasteiger partial charge in [0.2, 0.25) is 0 Å². The Morgan fingerprint density at radius 2 is 1.86 bits per heavy atom. The van der Waals surface area contributed by atoms with Crippen molar-refractivity contribution in [2.75, 3.05) is 0 Å². The summed E-state index contributed by atoms with van der Waals surface area (Å²) in [5.41, 5.74) is 4.41. The molecule has 0 bridgehead atoms. The second kappa shape index (κ2) is 6.31. The van der Waals surface area contributed by atoms with Crippen LogP contribution in [0.1, 0.15) is 46.4 Å². The molecule has 22 heavy (non-hydrogen) atoms. The molecule has 1 N–H and O–H groups in total. The van der Waals surface area contributed by atoms with Gasteiger partial charge in [-0.25, -0.2) is 0 Å². The van der Waals surface area contributed by atoms with Crippen LogP contribution in [0, 0.1) is 0 Å². The van der Waals surface area contributed by atoms with Crippen molar-refractivity contribution in [1.82, 2.24) is 5.32 Å². The predicted octanol–water partition coefficient (Wildman–Crippen LogP) is 4.97. The third-order valence-electron chi connectivity index (χ3n) is 4.15. The van der Waals surface area contributed by atoms with E-state index in [1.165, 1.54) is 17.5 Å². The maximum Gasteiger partial charge on any atom is 0.253 e. The molecule has 0 saturated heterocycles. The molecule has 0 fully saturated rings. The van der Waals surface area contributed by atoms with Gasteiger partial charge in [-0.3, -0.25) is 4.79 Å². The van der Waals surface area contributed by atoms with Gasteiger partial charge in [0.25, 0.3) is 5.91 Å². The second-order valence-corrected chi connectivity index (χ2v) is 6.54. The lowest BCUT2D eigenvalue weighted by atomic mass is 10.0. The Labute approximate surface area is 140 Å². The first kappa shape index (κ1) is 15.4. The molecule has 1 aliphatic rings. The summed E-state index contributed by atoms with van der Waals surface area (Å²) < 4.78 is 0. The van der Waals surface area contributed by atoms with E-state index in [1.807, 2.05) is 6.92 Å². The fourth-order valence-electron chi connectivity index (χ4n) is 2.89. The zero-order valence-electron chi connectivity index (χ0n) is 12.3. The van der Waals surface area contributed by atoms with E-state index >= 15 is 0 Å². The summed E-state index contributed by atoms with van der Waals surface area (Å²) in [6.07, 6.45) is 3.52. The molecule has 2 aromatic rings. The number of benzene rings is 2. The molecule has 1 aliphatic carbocycles. The number of carbonyl (C=O) groups is 1. The molecule has 2 nitrogen and oxygen atoms in total. The number of halogens is 2. The Bertz CT molecular complexity index is 727. The van der Waals surface area contributed by atoms with Gasteiger partial charge in [0.15, 0.2) is 0 Å². The van der Waals surface area contributed by atoms with Crippen LogP contribution in [-0.2, 0) is 12.8 Å². The van der Waals surface area contributed by atoms with E-state index in [0.717, 1.165) is 18.4 Å². The summed E-state index contributed by atoms with van der Waals surface area (Å²) in [5, 5.41) is 3.89. The Morgan fingerprint density at radius 3 is 2.64 bits per heavy atom. The summed E-state index contributed by atoms with van der Waals surface area (Å²) in [5.74, 6) is -0.185. The SMILES string of the molecule is C[C@@H](NC(=O)c1ccc(Cl)cc1Cl)c1ccc2c(c1)CCC2. The highest BCUT2D eigenvalue weighted by Gasteiger charge is 2.17. The third kappa shape index (κ3) is 3.13. The van der Waals surface area contributed by atoms with Crippen molar-refractivity contribution in [1.29, 1.82) is 0 Å². The van der Waals surface area contributed by atoms with Crippen molar-refractivity contribution in [3.05, 3.63) is 68.7 Å². The highest BCUT2D eigenvalue weighted by molar-refractivity contribution is 6.36.